The number of hydrogen-bond acceptors (Lipinski definition) is 7. The van der Waals surface area contributed by atoms with E-state index in [0.717, 1.165) is 12.8 Å². The number of aliphatic hydroxyl groups excluding tert-OH is 1. The first-order chi connectivity index (χ1) is 17.3. The lowest BCUT2D eigenvalue weighted by Crippen LogP contribution is -2.35. The standard InChI is InChI=1S/C25H31ClFN7O2/c1-13-5-8-15(11-20(13)35)30-24-29-12-19-23(33-24)34(16-9-6-14(7-10-16)22(28)36)25(31-19)32-21-17(26)3-2-4-18(21)27/h2-4,12-16,20,35H,5-11H2,1H3,(H2,28,36)(H,31,32)(H,29,30,33)/t13-,14-,15-,16+,20?/m1/s1. The molecular formula is C25H31ClFN7O2. The van der Waals surface area contributed by atoms with Crippen molar-refractivity contribution in [3.8, 4) is 0 Å². The van der Waals surface area contributed by atoms with Gasteiger partial charge in [-0.05, 0) is 63.0 Å². The number of nitrogens with one attached hydrogen (secondary N) is 2. The fourth-order valence-corrected chi connectivity index (χ4v) is 5.56. The van der Waals surface area contributed by atoms with E-state index in [9.17, 15) is 14.3 Å². The summed E-state index contributed by atoms with van der Waals surface area (Å²) in [5.74, 6) is 0.225. The van der Waals surface area contributed by atoms with Crippen LogP contribution in [0.1, 0.15) is 57.9 Å². The Morgan fingerprint density at radius 1 is 1.19 bits per heavy atom. The van der Waals surface area contributed by atoms with Crippen LogP contribution in [0.25, 0.3) is 11.2 Å². The Hall–Kier alpha value is -2.98. The van der Waals surface area contributed by atoms with E-state index in [1.54, 1.807) is 18.3 Å². The molecule has 2 heterocycles. The zero-order valence-corrected chi connectivity index (χ0v) is 20.9. The molecule has 1 unspecified atom stereocenters. The molecule has 2 saturated carbocycles. The van der Waals surface area contributed by atoms with Crippen molar-refractivity contribution in [2.75, 3.05) is 10.6 Å². The fourth-order valence-electron chi connectivity index (χ4n) is 5.35. The van der Waals surface area contributed by atoms with E-state index in [-0.39, 0.29) is 46.6 Å². The van der Waals surface area contributed by atoms with Gasteiger partial charge in [0.25, 0.3) is 0 Å². The van der Waals surface area contributed by atoms with Gasteiger partial charge in [0.1, 0.15) is 11.3 Å². The molecule has 3 atom stereocenters. The molecule has 9 nitrogen and oxygen atoms in total. The number of imidazole rings is 1. The van der Waals surface area contributed by atoms with Crippen LogP contribution in [0.15, 0.2) is 24.4 Å². The maximum atomic E-state index is 14.6. The molecule has 0 radical (unpaired) electrons. The normalized spacial score (nSPS) is 26.6. The number of amides is 1. The first-order valence-corrected chi connectivity index (χ1v) is 12.9. The lowest BCUT2D eigenvalue weighted by Gasteiger charge is -2.31. The van der Waals surface area contributed by atoms with Crippen LogP contribution >= 0.6 is 11.6 Å². The molecule has 2 aliphatic rings. The van der Waals surface area contributed by atoms with Gasteiger partial charge < -0.3 is 21.5 Å². The quantitative estimate of drug-likeness (QED) is 0.379. The number of para-hydroxylation sites is 1. The van der Waals surface area contributed by atoms with Crippen LogP contribution in [0.3, 0.4) is 0 Å². The first kappa shape index (κ1) is 24.7. The highest BCUT2D eigenvalue weighted by Gasteiger charge is 2.30. The van der Waals surface area contributed by atoms with Crippen LogP contribution in [-0.4, -0.2) is 42.7 Å². The van der Waals surface area contributed by atoms with E-state index in [1.165, 1.54) is 6.07 Å². The van der Waals surface area contributed by atoms with E-state index >= 15 is 0 Å². The molecule has 0 spiro atoms. The molecule has 3 aromatic rings. The van der Waals surface area contributed by atoms with Gasteiger partial charge in [-0.1, -0.05) is 24.6 Å². The molecule has 2 fully saturated rings. The number of aromatic nitrogens is 4. The number of nitrogens with zero attached hydrogens (tertiary/aromatic N) is 4. The number of fused-ring (bicyclic) bond motifs is 1. The van der Waals surface area contributed by atoms with Crippen LogP contribution in [0.4, 0.5) is 22.0 Å². The summed E-state index contributed by atoms with van der Waals surface area (Å²) in [5, 5.41) is 17.0. The number of aliphatic hydroxyl groups is 1. The minimum absolute atomic E-state index is 0.0150. The van der Waals surface area contributed by atoms with Crippen molar-refractivity contribution < 1.29 is 14.3 Å². The van der Waals surface area contributed by atoms with Gasteiger partial charge in [-0.3, -0.25) is 9.36 Å². The Kier molecular flexibility index (Phi) is 6.98. The van der Waals surface area contributed by atoms with Crippen molar-refractivity contribution in [1.82, 2.24) is 19.5 Å². The summed E-state index contributed by atoms with van der Waals surface area (Å²) in [6.45, 7) is 2.06. The minimum Gasteiger partial charge on any atom is -0.393 e. The Balaban J connectivity index is 1.49. The number of hydrogen-bond donors (Lipinski definition) is 4. The smallest absolute Gasteiger partial charge is 0.224 e. The van der Waals surface area contributed by atoms with Gasteiger partial charge in [0.15, 0.2) is 5.65 Å². The van der Waals surface area contributed by atoms with Crippen molar-refractivity contribution >= 4 is 46.3 Å². The summed E-state index contributed by atoms with van der Waals surface area (Å²) >= 11 is 6.28. The number of anilines is 3. The largest absolute Gasteiger partial charge is 0.393 e. The van der Waals surface area contributed by atoms with Crippen LogP contribution in [-0.2, 0) is 4.79 Å². The van der Waals surface area contributed by atoms with Crippen molar-refractivity contribution in [3.63, 3.8) is 0 Å². The molecule has 0 saturated heterocycles. The van der Waals surface area contributed by atoms with Gasteiger partial charge in [-0.25, -0.2) is 14.4 Å². The van der Waals surface area contributed by atoms with Gasteiger partial charge in [0.2, 0.25) is 17.8 Å². The van der Waals surface area contributed by atoms with E-state index in [1.807, 2.05) is 4.57 Å². The number of carbonyl (C=O) groups excluding carboxylic acids is 1. The third kappa shape index (κ3) is 4.97. The highest BCUT2D eigenvalue weighted by Crippen LogP contribution is 2.38. The molecule has 5 rings (SSSR count). The predicted molar refractivity (Wildman–Crippen MR) is 137 cm³/mol. The zero-order chi connectivity index (χ0) is 25.4. The van der Waals surface area contributed by atoms with Gasteiger partial charge >= 0.3 is 0 Å². The molecule has 1 amide bonds. The minimum atomic E-state index is -0.489. The van der Waals surface area contributed by atoms with Crippen LogP contribution in [0.2, 0.25) is 5.02 Å². The molecule has 5 N–H and O–H groups in total. The molecule has 11 heteroatoms. The number of benzene rings is 1. The molecule has 36 heavy (non-hydrogen) atoms. The molecule has 2 aliphatic carbocycles. The molecule has 1 aromatic carbocycles. The maximum absolute atomic E-state index is 14.6. The summed E-state index contributed by atoms with van der Waals surface area (Å²) in [6, 6.07) is 4.55. The lowest BCUT2D eigenvalue weighted by atomic mass is 9.85. The number of primary amides is 1. The molecule has 2 aromatic heterocycles. The van der Waals surface area contributed by atoms with Gasteiger partial charge in [0, 0.05) is 18.0 Å². The van der Waals surface area contributed by atoms with Gasteiger partial charge in [0.05, 0.1) is 23.0 Å². The monoisotopic (exact) mass is 515 g/mol. The number of nitrogens with two attached hydrogens (primary N) is 1. The van der Waals surface area contributed by atoms with Crippen LogP contribution in [0.5, 0.6) is 0 Å². The zero-order valence-electron chi connectivity index (χ0n) is 20.1. The van der Waals surface area contributed by atoms with E-state index in [0.29, 0.717) is 55.2 Å². The number of rotatable bonds is 6. The van der Waals surface area contributed by atoms with Crippen LogP contribution < -0.4 is 16.4 Å². The maximum Gasteiger partial charge on any atom is 0.224 e. The average molecular weight is 516 g/mol. The third-order valence-corrected chi connectivity index (χ3v) is 7.90. The second kappa shape index (κ2) is 10.2. The van der Waals surface area contributed by atoms with E-state index in [4.69, 9.17) is 22.3 Å². The number of carbonyl (C=O) groups is 1. The van der Waals surface area contributed by atoms with E-state index < -0.39 is 5.82 Å². The molecular weight excluding hydrogens is 485 g/mol. The summed E-state index contributed by atoms with van der Waals surface area (Å²) in [7, 11) is 0. The van der Waals surface area contributed by atoms with Crippen LogP contribution in [0, 0.1) is 17.7 Å². The molecule has 0 bridgehead atoms. The van der Waals surface area contributed by atoms with Crippen molar-refractivity contribution in [2.24, 2.45) is 17.6 Å². The summed E-state index contributed by atoms with van der Waals surface area (Å²) in [6.07, 6.45) is 6.52. The Morgan fingerprint density at radius 2 is 1.97 bits per heavy atom. The van der Waals surface area contributed by atoms with Crippen molar-refractivity contribution in [3.05, 3.63) is 35.2 Å². The third-order valence-electron chi connectivity index (χ3n) is 7.58. The summed E-state index contributed by atoms with van der Waals surface area (Å²) < 4.78 is 16.6. The topological polar surface area (TPSA) is 131 Å². The average Bonchev–Trinajstić information content (AvgIpc) is 3.21. The van der Waals surface area contributed by atoms with Crippen molar-refractivity contribution in [1.29, 1.82) is 0 Å². The predicted octanol–water partition coefficient (Wildman–Crippen LogP) is 4.54. The highest BCUT2D eigenvalue weighted by molar-refractivity contribution is 6.33. The first-order valence-electron chi connectivity index (χ1n) is 12.5. The summed E-state index contributed by atoms with van der Waals surface area (Å²) in [5.41, 5.74) is 6.84. The van der Waals surface area contributed by atoms with Gasteiger partial charge in [-0.15, -0.1) is 0 Å². The molecule has 0 aliphatic heterocycles. The summed E-state index contributed by atoms with van der Waals surface area (Å²) in [4.78, 5) is 25.6. The molecule has 192 valence electrons. The van der Waals surface area contributed by atoms with E-state index in [2.05, 4.69) is 27.5 Å². The SMILES string of the molecule is C[C@@H]1CC[C@@H](Nc2ncc3nc(Nc4c(F)cccc4Cl)n([C@H]4CC[C@@H](C(N)=O)CC4)c3n2)CC1O. The lowest BCUT2D eigenvalue weighted by molar-refractivity contribution is -0.122. The second-order valence-electron chi connectivity index (χ2n) is 10.0. The van der Waals surface area contributed by atoms with Crippen molar-refractivity contribution in [2.45, 2.75) is 70.1 Å². The second-order valence-corrected chi connectivity index (χ2v) is 10.4. The Bertz CT molecular complexity index is 1240. The van der Waals surface area contributed by atoms with Gasteiger partial charge in [-0.2, -0.15) is 4.98 Å². The fraction of sp³-hybridized carbons (Fsp3) is 0.520. The Labute approximate surface area is 213 Å². The Morgan fingerprint density at radius 3 is 2.67 bits per heavy atom. The number of halogens is 2. The highest BCUT2D eigenvalue weighted by atomic mass is 35.5.